The Balaban J connectivity index is 4.06. The summed E-state index contributed by atoms with van der Waals surface area (Å²) in [5.41, 5.74) is 0. The minimum Gasteiger partial charge on any atom is -0.481 e. The minimum absolute atomic E-state index is 0.0826. The van der Waals surface area contributed by atoms with Gasteiger partial charge in [-0.1, -0.05) is 67.7 Å². The number of carboxylic acids is 1. The minimum atomic E-state index is -1.24. The van der Waals surface area contributed by atoms with E-state index in [0.717, 1.165) is 6.42 Å². The molecule has 0 aliphatic carbocycles. The molecule has 0 bridgehead atoms. The fourth-order valence-corrected chi connectivity index (χ4v) is 2.17. The van der Waals surface area contributed by atoms with Crippen LogP contribution < -0.4 is 0 Å². The van der Waals surface area contributed by atoms with Crippen molar-refractivity contribution in [2.24, 2.45) is 0 Å². The van der Waals surface area contributed by atoms with Crippen molar-refractivity contribution in [3.05, 3.63) is 60.8 Å². The molecule has 0 fully saturated rings. The quantitative estimate of drug-likeness (QED) is 0.215. The number of aliphatic hydroxyl groups excluding tert-OH is 4. The van der Waals surface area contributed by atoms with Crippen LogP contribution in [0, 0.1) is 0 Å². The van der Waals surface area contributed by atoms with Crippen LogP contribution in [0.1, 0.15) is 45.4 Å². The number of hydrogen-bond acceptors (Lipinski definition) is 5. The second-order valence-corrected chi connectivity index (χ2v) is 6.35. The molecule has 4 unspecified atom stereocenters. The molecule has 0 heterocycles. The van der Waals surface area contributed by atoms with Crippen molar-refractivity contribution < 1.29 is 30.3 Å². The normalized spacial score (nSPS) is 17.3. The number of rotatable bonds is 15. The Kier molecular flexibility index (Phi) is 15.9. The average Bonchev–Trinajstić information content (AvgIpc) is 2.65. The number of carboxylic acid groups (broad SMARTS) is 1. The van der Waals surface area contributed by atoms with Crippen molar-refractivity contribution in [3.63, 3.8) is 0 Å². The number of hydrogen-bond donors (Lipinski definition) is 5. The first-order valence-corrected chi connectivity index (χ1v) is 9.62. The third kappa shape index (κ3) is 15.1. The Morgan fingerprint density at radius 3 is 2.25 bits per heavy atom. The molecular weight excluding hydrogens is 360 g/mol. The Morgan fingerprint density at radius 1 is 0.857 bits per heavy atom. The van der Waals surface area contributed by atoms with E-state index in [-0.39, 0.29) is 6.42 Å². The third-order valence-electron chi connectivity index (χ3n) is 3.78. The van der Waals surface area contributed by atoms with E-state index in [9.17, 15) is 25.2 Å². The third-order valence-corrected chi connectivity index (χ3v) is 3.78. The van der Waals surface area contributed by atoms with Crippen molar-refractivity contribution in [1.29, 1.82) is 0 Å². The molecule has 0 amide bonds. The Bertz CT molecular complexity index is 547. The van der Waals surface area contributed by atoms with Crippen LogP contribution in [0.15, 0.2) is 60.8 Å². The molecule has 28 heavy (non-hydrogen) atoms. The van der Waals surface area contributed by atoms with Crippen molar-refractivity contribution in [1.82, 2.24) is 0 Å². The highest BCUT2D eigenvalue weighted by Crippen LogP contribution is 2.07. The second kappa shape index (κ2) is 17.1. The van der Waals surface area contributed by atoms with Crippen LogP contribution in [0.5, 0.6) is 0 Å². The van der Waals surface area contributed by atoms with Crippen molar-refractivity contribution in [2.75, 3.05) is 0 Å². The lowest BCUT2D eigenvalue weighted by Crippen LogP contribution is -2.35. The van der Waals surface area contributed by atoms with Crippen LogP contribution in [0.25, 0.3) is 0 Å². The lowest BCUT2D eigenvalue weighted by atomic mass is 10.0. The topological polar surface area (TPSA) is 118 Å². The van der Waals surface area contributed by atoms with Crippen molar-refractivity contribution in [3.8, 4) is 0 Å². The van der Waals surface area contributed by atoms with E-state index in [1.807, 2.05) is 19.1 Å². The molecule has 0 saturated carbocycles. The van der Waals surface area contributed by atoms with Gasteiger partial charge in [0.15, 0.2) is 0 Å². The molecule has 6 heteroatoms. The van der Waals surface area contributed by atoms with E-state index >= 15 is 0 Å². The zero-order valence-electron chi connectivity index (χ0n) is 16.5. The van der Waals surface area contributed by atoms with Crippen LogP contribution in [-0.4, -0.2) is 55.9 Å². The molecule has 158 valence electrons. The molecule has 0 aromatic rings. The van der Waals surface area contributed by atoms with E-state index in [2.05, 4.69) is 0 Å². The van der Waals surface area contributed by atoms with E-state index < -0.39 is 30.4 Å². The lowest BCUT2D eigenvalue weighted by molar-refractivity contribution is -0.136. The molecule has 6 nitrogen and oxygen atoms in total. The summed E-state index contributed by atoms with van der Waals surface area (Å²) in [6.45, 7) is 1.97. The zero-order chi connectivity index (χ0) is 21.2. The summed E-state index contributed by atoms with van der Waals surface area (Å²) in [5, 5.41) is 47.7. The van der Waals surface area contributed by atoms with E-state index in [0.29, 0.717) is 25.7 Å². The number of aliphatic carboxylic acids is 1. The summed E-state index contributed by atoms with van der Waals surface area (Å²) in [5.74, 6) is -0.841. The molecular formula is C22H34O6. The molecule has 4 atom stereocenters. The summed E-state index contributed by atoms with van der Waals surface area (Å²) in [6, 6.07) is 0. The maximum atomic E-state index is 10.3. The maximum absolute atomic E-state index is 10.3. The largest absolute Gasteiger partial charge is 0.481 e. The Morgan fingerprint density at radius 2 is 1.57 bits per heavy atom. The fraction of sp³-hybridized carbons (Fsp3) is 0.500. The summed E-state index contributed by atoms with van der Waals surface area (Å²) in [4.78, 5) is 10.3. The van der Waals surface area contributed by atoms with Gasteiger partial charge < -0.3 is 25.5 Å². The summed E-state index contributed by atoms with van der Waals surface area (Å²) < 4.78 is 0. The second-order valence-electron chi connectivity index (χ2n) is 6.35. The van der Waals surface area contributed by atoms with Gasteiger partial charge in [-0.25, -0.2) is 0 Å². The highest BCUT2D eigenvalue weighted by molar-refractivity contribution is 5.66. The highest BCUT2D eigenvalue weighted by Gasteiger charge is 2.21. The van der Waals surface area contributed by atoms with Gasteiger partial charge in [0.25, 0.3) is 0 Å². The van der Waals surface area contributed by atoms with E-state index in [1.165, 1.54) is 6.08 Å². The smallest absolute Gasteiger partial charge is 0.303 e. The highest BCUT2D eigenvalue weighted by atomic mass is 16.4. The molecule has 5 N–H and O–H groups in total. The molecule has 0 rings (SSSR count). The van der Waals surface area contributed by atoms with Gasteiger partial charge in [-0.05, 0) is 32.1 Å². The van der Waals surface area contributed by atoms with E-state index in [1.54, 1.807) is 42.5 Å². The number of aliphatic hydroxyl groups is 4. The van der Waals surface area contributed by atoms with Gasteiger partial charge >= 0.3 is 5.97 Å². The Labute approximate surface area is 167 Å². The Hall–Kier alpha value is -1.99. The first kappa shape index (κ1) is 26.0. The van der Waals surface area contributed by atoms with Gasteiger partial charge in [-0.15, -0.1) is 0 Å². The first-order chi connectivity index (χ1) is 13.4. The number of allylic oxidation sites excluding steroid dienone is 6. The van der Waals surface area contributed by atoms with Gasteiger partial charge in [-0.2, -0.15) is 0 Å². The molecule has 0 aliphatic heterocycles. The van der Waals surface area contributed by atoms with Gasteiger partial charge in [0.05, 0.1) is 12.2 Å². The van der Waals surface area contributed by atoms with Crippen LogP contribution in [0.4, 0.5) is 0 Å². The standard InChI is InChI=1S/C22H34O6/c1-2-3-8-15-19(24)22(28)20(25)16-11-6-4-5-9-13-18(23)14-10-7-12-17-21(26)27/h3-5,7-11,13,16,18-20,22-25,28H,2,6,12,14-15,17H2,1H3,(H,26,27)/b5-4+,8-3+,10-7+,13-9+,16-11+. The van der Waals surface area contributed by atoms with Crippen molar-refractivity contribution in [2.45, 2.75) is 69.9 Å². The van der Waals surface area contributed by atoms with Crippen LogP contribution in [0.2, 0.25) is 0 Å². The van der Waals surface area contributed by atoms with E-state index in [4.69, 9.17) is 5.11 Å². The van der Waals surface area contributed by atoms with Gasteiger partial charge in [-0.3, -0.25) is 4.79 Å². The number of carbonyl (C=O) groups is 1. The fourth-order valence-electron chi connectivity index (χ4n) is 2.17. The molecule has 0 aromatic heterocycles. The van der Waals surface area contributed by atoms with Crippen LogP contribution in [-0.2, 0) is 4.79 Å². The maximum Gasteiger partial charge on any atom is 0.303 e. The van der Waals surface area contributed by atoms with Crippen LogP contribution >= 0.6 is 0 Å². The van der Waals surface area contributed by atoms with Gasteiger partial charge in [0, 0.05) is 6.42 Å². The SMILES string of the molecule is CC/C=C/CC(O)C(O)C(O)/C=C/C/C=C/C=C/C(O)C/C=C/CCC(=O)O. The van der Waals surface area contributed by atoms with Crippen LogP contribution in [0.3, 0.4) is 0 Å². The zero-order valence-corrected chi connectivity index (χ0v) is 16.5. The lowest BCUT2D eigenvalue weighted by Gasteiger charge is -2.19. The molecule has 0 aromatic carbocycles. The molecule has 0 saturated heterocycles. The van der Waals surface area contributed by atoms with Gasteiger partial charge in [0.2, 0.25) is 0 Å². The monoisotopic (exact) mass is 394 g/mol. The molecule has 0 spiro atoms. The van der Waals surface area contributed by atoms with Gasteiger partial charge in [0.1, 0.15) is 12.2 Å². The summed E-state index contributed by atoms with van der Waals surface area (Å²) in [7, 11) is 0. The van der Waals surface area contributed by atoms with Crippen molar-refractivity contribution >= 4 is 5.97 Å². The molecule has 0 radical (unpaired) electrons. The first-order valence-electron chi connectivity index (χ1n) is 9.62. The molecule has 0 aliphatic rings. The predicted octanol–water partition coefficient (Wildman–Crippen LogP) is 2.66. The summed E-state index contributed by atoms with van der Waals surface area (Å²) >= 11 is 0. The predicted molar refractivity (Wildman–Crippen MR) is 111 cm³/mol. The average molecular weight is 395 g/mol. The summed E-state index contributed by atoms with van der Waals surface area (Å²) in [6.07, 6.45) is 15.8.